The Morgan fingerprint density at radius 3 is 2.34 bits per heavy atom. The number of methoxy groups -OCH3 is 4. The fraction of sp³-hybridized carbons (Fsp3) is 0.320. The summed E-state index contributed by atoms with van der Waals surface area (Å²) in [4.78, 5) is 31.9. The number of anilines is 2. The van der Waals surface area contributed by atoms with E-state index in [2.05, 4.69) is 10.3 Å². The van der Waals surface area contributed by atoms with Crippen LogP contribution in [0.1, 0.15) is 12.0 Å². The molecule has 1 atom stereocenters. The number of benzene rings is 2. The Balaban J connectivity index is 1.50. The van der Waals surface area contributed by atoms with Gasteiger partial charge in [0.05, 0.1) is 45.7 Å². The van der Waals surface area contributed by atoms with Gasteiger partial charge in [0.1, 0.15) is 5.75 Å². The molecule has 1 aliphatic heterocycles. The van der Waals surface area contributed by atoms with Gasteiger partial charge in [0.25, 0.3) is 0 Å². The van der Waals surface area contributed by atoms with Gasteiger partial charge in [-0.2, -0.15) is 0 Å². The molecule has 0 spiro atoms. The molecule has 1 unspecified atom stereocenters. The van der Waals surface area contributed by atoms with Crippen molar-refractivity contribution in [2.24, 2.45) is 5.92 Å². The Bertz CT molecular complexity index is 1230. The highest BCUT2D eigenvalue weighted by Crippen LogP contribution is 2.42. The van der Waals surface area contributed by atoms with Crippen LogP contribution in [0.5, 0.6) is 23.0 Å². The summed E-state index contributed by atoms with van der Waals surface area (Å²) in [5.74, 6) is 1.07. The number of rotatable bonds is 8. The smallest absolute Gasteiger partial charge is 0.231 e. The minimum absolute atomic E-state index is 0.0897. The molecule has 184 valence electrons. The van der Waals surface area contributed by atoms with E-state index in [9.17, 15) is 9.59 Å². The number of nitrogens with one attached hydrogen (secondary N) is 1. The lowest BCUT2D eigenvalue weighted by atomic mass is 10.1. The number of nitrogens with zero attached hydrogens (tertiary/aromatic N) is 2. The van der Waals surface area contributed by atoms with Crippen LogP contribution in [-0.4, -0.2) is 51.8 Å². The predicted octanol–water partition coefficient (Wildman–Crippen LogP) is 4.14. The van der Waals surface area contributed by atoms with E-state index in [0.29, 0.717) is 39.5 Å². The number of thiazole rings is 1. The van der Waals surface area contributed by atoms with Crippen molar-refractivity contribution in [2.75, 3.05) is 45.2 Å². The molecule has 9 nitrogen and oxygen atoms in total. The summed E-state index contributed by atoms with van der Waals surface area (Å²) in [6.07, 6.45) is 0.0897. The maximum atomic E-state index is 13.0. The van der Waals surface area contributed by atoms with Gasteiger partial charge in [-0.3, -0.25) is 9.59 Å². The highest BCUT2D eigenvalue weighted by atomic mass is 32.1. The lowest BCUT2D eigenvalue weighted by Crippen LogP contribution is -2.28. The lowest BCUT2D eigenvalue weighted by molar-refractivity contribution is -0.122. The zero-order valence-electron chi connectivity index (χ0n) is 20.2. The molecule has 4 rings (SSSR count). The first-order valence-corrected chi connectivity index (χ1v) is 11.8. The first kappa shape index (κ1) is 24.3. The SMILES string of the molecule is COc1ccc(C)cc1-c1csc(NC(=O)C2CC(=O)N(c3cc(OC)c(OC)c(OC)c3)C2)n1. The summed E-state index contributed by atoms with van der Waals surface area (Å²) >= 11 is 1.32. The van der Waals surface area contributed by atoms with Crippen LogP contribution in [0.3, 0.4) is 0 Å². The lowest BCUT2D eigenvalue weighted by Gasteiger charge is -2.20. The summed E-state index contributed by atoms with van der Waals surface area (Å²) in [5.41, 5.74) is 3.22. The molecule has 1 fully saturated rings. The average Bonchev–Trinajstić information content (AvgIpc) is 3.49. The maximum Gasteiger partial charge on any atom is 0.231 e. The summed E-state index contributed by atoms with van der Waals surface area (Å²) in [6.45, 7) is 2.22. The number of carbonyl (C=O) groups is 2. The normalized spacial score (nSPS) is 15.2. The largest absolute Gasteiger partial charge is 0.496 e. The van der Waals surface area contributed by atoms with Gasteiger partial charge in [0.15, 0.2) is 16.6 Å². The molecule has 10 heteroatoms. The molecule has 0 aliphatic carbocycles. The van der Waals surface area contributed by atoms with Crippen LogP contribution < -0.4 is 29.2 Å². The summed E-state index contributed by atoms with van der Waals surface area (Å²) < 4.78 is 21.6. The Labute approximate surface area is 207 Å². The van der Waals surface area contributed by atoms with E-state index in [1.165, 1.54) is 32.7 Å². The average molecular weight is 498 g/mol. The zero-order chi connectivity index (χ0) is 25.1. The van der Waals surface area contributed by atoms with Crippen molar-refractivity contribution in [3.63, 3.8) is 0 Å². The molecule has 1 aliphatic rings. The molecule has 1 saturated heterocycles. The van der Waals surface area contributed by atoms with E-state index in [-0.39, 0.29) is 24.8 Å². The minimum Gasteiger partial charge on any atom is -0.496 e. The second-order valence-corrected chi connectivity index (χ2v) is 8.88. The van der Waals surface area contributed by atoms with Gasteiger partial charge in [0.2, 0.25) is 17.6 Å². The van der Waals surface area contributed by atoms with Crippen molar-refractivity contribution in [1.29, 1.82) is 0 Å². The van der Waals surface area contributed by atoms with Crippen molar-refractivity contribution < 1.29 is 28.5 Å². The van der Waals surface area contributed by atoms with E-state index >= 15 is 0 Å². The molecule has 0 bridgehead atoms. The topological polar surface area (TPSA) is 99.2 Å². The Morgan fingerprint density at radius 2 is 1.71 bits per heavy atom. The van der Waals surface area contributed by atoms with E-state index in [0.717, 1.165) is 11.1 Å². The first-order valence-electron chi connectivity index (χ1n) is 10.9. The van der Waals surface area contributed by atoms with E-state index < -0.39 is 5.92 Å². The Kier molecular flexibility index (Phi) is 7.11. The van der Waals surface area contributed by atoms with Crippen molar-refractivity contribution in [1.82, 2.24) is 4.98 Å². The molecule has 0 saturated carbocycles. The van der Waals surface area contributed by atoms with Gasteiger partial charge < -0.3 is 29.2 Å². The summed E-state index contributed by atoms with van der Waals surface area (Å²) in [6, 6.07) is 9.24. The van der Waals surface area contributed by atoms with Crippen molar-refractivity contribution in [3.8, 4) is 34.3 Å². The van der Waals surface area contributed by atoms with E-state index in [1.54, 1.807) is 24.1 Å². The molecular weight excluding hydrogens is 470 g/mol. The summed E-state index contributed by atoms with van der Waals surface area (Å²) in [7, 11) is 6.15. The second-order valence-electron chi connectivity index (χ2n) is 8.02. The number of hydrogen-bond acceptors (Lipinski definition) is 8. The van der Waals surface area contributed by atoms with Crippen LogP contribution in [0.15, 0.2) is 35.7 Å². The number of aromatic nitrogens is 1. The van der Waals surface area contributed by atoms with Crippen LogP contribution in [0.4, 0.5) is 10.8 Å². The number of amides is 2. The van der Waals surface area contributed by atoms with Crippen LogP contribution in [0, 0.1) is 12.8 Å². The minimum atomic E-state index is -0.526. The quantitative estimate of drug-likeness (QED) is 0.499. The number of ether oxygens (including phenoxy) is 4. The number of hydrogen-bond donors (Lipinski definition) is 1. The van der Waals surface area contributed by atoms with Crippen molar-refractivity contribution in [2.45, 2.75) is 13.3 Å². The third kappa shape index (κ3) is 4.88. The van der Waals surface area contributed by atoms with Crippen LogP contribution in [0.25, 0.3) is 11.3 Å². The molecule has 35 heavy (non-hydrogen) atoms. The second kappa shape index (κ2) is 10.2. The Hall–Kier alpha value is -3.79. The van der Waals surface area contributed by atoms with Crippen molar-refractivity contribution >= 4 is 34.0 Å². The fourth-order valence-corrected chi connectivity index (χ4v) is 4.75. The third-order valence-electron chi connectivity index (χ3n) is 5.82. The monoisotopic (exact) mass is 497 g/mol. The highest BCUT2D eigenvalue weighted by molar-refractivity contribution is 7.14. The van der Waals surface area contributed by atoms with Gasteiger partial charge >= 0.3 is 0 Å². The fourth-order valence-electron chi connectivity index (χ4n) is 4.04. The first-order chi connectivity index (χ1) is 16.9. The molecular formula is C25H27N3O6S. The molecule has 3 aromatic rings. The molecule has 0 radical (unpaired) electrons. The van der Waals surface area contributed by atoms with Crippen LogP contribution >= 0.6 is 11.3 Å². The van der Waals surface area contributed by atoms with Crippen LogP contribution in [0.2, 0.25) is 0 Å². The predicted molar refractivity (Wildman–Crippen MR) is 134 cm³/mol. The standard InChI is InChI=1S/C25H27N3O6S/c1-14-6-7-19(31-2)17(8-14)18-13-35-25(26-18)27-24(30)15-9-22(29)28(12-15)16-10-20(32-3)23(34-5)21(11-16)33-4/h6-8,10-11,13,15H,9,12H2,1-5H3,(H,26,27,30). The molecule has 2 amide bonds. The number of aryl methyl sites for hydroxylation is 1. The molecule has 1 N–H and O–H groups in total. The summed E-state index contributed by atoms with van der Waals surface area (Å²) in [5, 5.41) is 5.20. The van der Waals surface area contributed by atoms with Crippen LogP contribution in [-0.2, 0) is 9.59 Å². The molecule has 2 heterocycles. The molecule has 2 aromatic carbocycles. The van der Waals surface area contributed by atoms with Gasteiger partial charge in [-0.1, -0.05) is 11.6 Å². The van der Waals surface area contributed by atoms with E-state index in [1.807, 2.05) is 30.5 Å². The van der Waals surface area contributed by atoms with Gasteiger partial charge in [-0.05, 0) is 19.1 Å². The zero-order valence-corrected chi connectivity index (χ0v) is 21.0. The van der Waals surface area contributed by atoms with Gasteiger partial charge in [-0.15, -0.1) is 11.3 Å². The maximum absolute atomic E-state index is 13.0. The van der Waals surface area contributed by atoms with Crippen molar-refractivity contribution in [3.05, 3.63) is 41.3 Å². The third-order valence-corrected chi connectivity index (χ3v) is 6.58. The van der Waals surface area contributed by atoms with E-state index in [4.69, 9.17) is 18.9 Å². The molecule has 1 aromatic heterocycles. The number of carbonyl (C=O) groups excluding carboxylic acids is 2. The Morgan fingerprint density at radius 1 is 1.03 bits per heavy atom. The van der Waals surface area contributed by atoms with Gasteiger partial charge in [0, 0.05) is 36.0 Å². The highest BCUT2D eigenvalue weighted by Gasteiger charge is 2.36. The van der Waals surface area contributed by atoms with Gasteiger partial charge in [-0.25, -0.2) is 4.98 Å².